The van der Waals surface area contributed by atoms with Crippen LogP contribution in [0.4, 0.5) is 0 Å². The Morgan fingerprint density at radius 3 is 2.58 bits per heavy atom. The number of halogens is 1. The number of amides is 1. The lowest BCUT2D eigenvalue weighted by molar-refractivity contribution is 0.0791. The summed E-state index contributed by atoms with van der Waals surface area (Å²) in [4.78, 5) is 24.0. The van der Waals surface area contributed by atoms with Crippen molar-refractivity contribution >= 4 is 28.5 Å². The third-order valence-corrected chi connectivity index (χ3v) is 5.49. The number of hydrogen-bond acceptors (Lipinski definition) is 3. The van der Waals surface area contributed by atoms with Crippen LogP contribution in [-0.2, 0) is 0 Å². The molecule has 0 spiro atoms. The lowest BCUT2D eigenvalue weighted by atomic mass is 9.98. The van der Waals surface area contributed by atoms with Crippen LogP contribution in [-0.4, -0.2) is 33.9 Å². The Hall–Kier alpha value is -2.46. The summed E-state index contributed by atoms with van der Waals surface area (Å²) in [6, 6.07) is 13.5. The summed E-state index contributed by atoms with van der Waals surface area (Å²) < 4.78 is 0. The number of nitrogens with zero attached hydrogens (tertiary/aromatic N) is 3. The Balaban J connectivity index is 1.57. The van der Waals surface area contributed by atoms with E-state index < -0.39 is 0 Å². The predicted octanol–water partition coefficient (Wildman–Crippen LogP) is 4.53. The van der Waals surface area contributed by atoms with Crippen LogP contribution in [0, 0.1) is 13.8 Å². The lowest BCUT2D eigenvalue weighted by Gasteiger charge is -2.17. The minimum absolute atomic E-state index is 0.0430. The monoisotopic (exact) mass is 365 g/mol. The van der Waals surface area contributed by atoms with Crippen molar-refractivity contribution in [2.75, 3.05) is 13.1 Å². The number of fused-ring (bicyclic) bond motifs is 1. The van der Waals surface area contributed by atoms with E-state index in [0.29, 0.717) is 12.1 Å². The number of rotatable bonds is 2. The topological polar surface area (TPSA) is 46.1 Å². The fourth-order valence-electron chi connectivity index (χ4n) is 3.55. The summed E-state index contributed by atoms with van der Waals surface area (Å²) in [6.45, 7) is 5.31. The van der Waals surface area contributed by atoms with Gasteiger partial charge in [-0.15, -0.1) is 0 Å². The van der Waals surface area contributed by atoms with E-state index in [2.05, 4.69) is 16.0 Å². The first-order chi connectivity index (χ1) is 12.5. The quantitative estimate of drug-likeness (QED) is 0.670. The molecule has 1 unspecified atom stereocenters. The van der Waals surface area contributed by atoms with E-state index in [1.54, 1.807) is 0 Å². The van der Waals surface area contributed by atoms with Crippen molar-refractivity contribution in [3.05, 3.63) is 70.0 Å². The molecule has 5 heteroatoms. The van der Waals surface area contributed by atoms with E-state index in [1.165, 1.54) is 0 Å². The first-order valence-corrected chi connectivity index (χ1v) is 9.19. The summed E-state index contributed by atoms with van der Waals surface area (Å²) in [6.07, 6.45) is 0.932. The van der Waals surface area contributed by atoms with Gasteiger partial charge in [-0.1, -0.05) is 29.8 Å². The minimum atomic E-state index is 0.0430. The summed E-state index contributed by atoms with van der Waals surface area (Å²) in [5.41, 5.74) is 5.18. The van der Waals surface area contributed by atoms with Gasteiger partial charge in [-0.2, -0.15) is 0 Å². The first kappa shape index (κ1) is 17.0. The average Bonchev–Trinajstić information content (AvgIpc) is 3.12. The van der Waals surface area contributed by atoms with Gasteiger partial charge in [0.2, 0.25) is 0 Å². The van der Waals surface area contributed by atoms with Gasteiger partial charge in [0, 0.05) is 29.6 Å². The molecule has 26 heavy (non-hydrogen) atoms. The molecule has 0 bridgehead atoms. The maximum Gasteiger partial charge on any atom is 0.253 e. The molecular formula is C21H20ClN3O. The van der Waals surface area contributed by atoms with Gasteiger partial charge in [-0.25, -0.2) is 9.97 Å². The van der Waals surface area contributed by atoms with Crippen molar-refractivity contribution in [1.29, 1.82) is 0 Å². The van der Waals surface area contributed by atoms with E-state index in [4.69, 9.17) is 11.6 Å². The van der Waals surface area contributed by atoms with Crippen molar-refractivity contribution in [2.24, 2.45) is 0 Å². The Labute approximate surface area is 157 Å². The molecule has 4 rings (SSSR count). The van der Waals surface area contributed by atoms with E-state index >= 15 is 0 Å². The number of likely N-dealkylation sites (tertiary alicyclic amines) is 1. The zero-order valence-corrected chi connectivity index (χ0v) is 15.6. The molecule has 1 atom stereocenters. The van der Waals surface area contributed by atoms with Gasteiger partial charge in [0.25, 0.3) is 5.91 Å². The molecule has 0 radical (unpaired) electrons. The smallest absolute Gasteiger partial charge is 0.253 e. The number of aryl methyl sites for hydroxylation is 2. The molecule has 1 amide bonds. The average molecular weight is 366 g/mol. The van der Waals surface area contributed by atoms with Crippen LogP contribution in [0.2, 0.25) is 5.02 Å². The van der Waals surface area contributed by atoms with Gasteiger partial charge >= 0.3 is 0 Å². The summed E-state index contributed by atoms with van der Waals surface area (Å²) >= 11 is 6.32. The highest BCUT2D eigenvalue weighted by Gasteiger charge is 2.29. The highest BCUT2D eigenvalue weighted by Crippen LogP contribution is 2.32. The molecule has 1 saturated heterocycles. The molecule has 1 fully saturated rings. The Kier molecular flexibility index (Phi) is 4.37. The number of hydrogen-bond donors (Lipinski definition) is 0. The van der Waals surface area contributed by atoms with E-state index in [1.807, 2.05) is 55.1 Å². The molecule has 1 aromatic heterocycles. The largest absolute Gasteiger partial charge is 0.338 e. The van der Waals surface area contributed by atoms with Gasteiger partial charge in [0.05, 0.1) is 22.4 Å². The van der Waals surface area contributed by atoms with Crippen LogP contribution >= 0.6 is 11.6 Å². The third kappa shape index (κ3) is 3.06. The number of aromatic nitrogens is 2. The van der Waals surface area contributed by atoms with Gasteiger partial charge in [-0.05, 0) is 50.1 Å². The highest BCUT2D eigenvalue weighted by molar-refractivity contribution is 6.31. The van der Waals surface area contributed by atoms with Crippen molar-refractivity contribution in [3.8, 4) is 0 Å². The zero-order chi connectivity index (χ0) is 18.3. The molecule has 0 aliphatic carbocycles. The standard InChI is InChI=1S/C21H20ClN3O/c1-13-14(2)24-20-11-15(7-8-19(20)23-13)21(26)25-10-9-16(12-25)17-5-3-4-6-18(17)22/h3-8,11,16H,9-10,12H2,1-2H3. The molecule has 0 N–H and O–H groups in total. The van der Waals surface area contributed by atoms with Gasteiger partial charge in [0.1, 0.15) is 0 Å². The molecule has 132 valence electrons. The minimum Gasteiger partial charge on any atom is -0.338 e. The van der Waals surface area contributed by atoms with Crippen molar-refractivity contribution in [3.63, 3.8) is 0 Å². The molecule has 3 aromatic rings. The fourth-order valence-corrected chi connectivity index (χ4v) is 3.84. The summed E-state index contributed by atoms with van der Waals surface area (Å²) in [7, 11) is 0. The zero-order valence-electron chi connectivity index (χ0n) is 14.9. The molecule has 1 aliphatic rings. The van der Waals surface area contributed by atoms with E-state index in [9.17, 15) is 4.79 Å². The second-order valence-electron chi connectivity index (χ2n) is 6.86. The fraction of sp³-hybridized carbons (Fsp3) is 0.286. The van der Waals surface area contributed by atoms with Crippen molar-refractivity contribution in [1.82, 2.24) is 14.9 Å². The predicted molar refractivity (Wildman–Crippen MR) is 104 cm³/mol. The van der Waals surface area contributed by atoms with Crippen LogP contribution in [0.15, 0.2) is 42.5 Å². The Bertz CT molecular complexity index is 1000. The third-order valence-electron chi connectivity index (χ3n) is 5.14. The molecular weight excluding hydrogens is 346 g/mol. The van der Waals surface area contributed by atoms with Gasteiger partial charge in [-0.3, -0.25) is 4.79 Å². The SMILES string of the molecule is Cc1nc2ccc(C(=O)N3CCC(c4ccccc4Cl)C3)cc2nc1C. The second kappa shape index (κ2) is 6.69. The molecule has 2 heterocycles. The number of carbonyl (C=O) groups excluding carboxylic acids is 1. The van der Waals surface area contributed by atoms with Gasteiger partial charge < -0.3 is 4.90 Å². The molecule has 1 aliphatic heterocycles. The molecule has 0 saturated carbocycles. The molecule has 4 nitrogen and oxygen atoms in total. The van der Waals surface area contributed by atoms with Crippen LogP contribution in [0.3, 0.4) is 0 Å². The summed E-state index contributed by atoms with van der Waals surface area (Å²) in [5, 5.41) is 0.777. The number of benzene rings is 2. The molecule has 2 aromatic carbocycles. The van der Waals surface area contributed by atoms with Crippen LogP contribution in [0.5, 0.6) is 0 Å². The van der Waals surface area contributed by atoms with E-state index in [-0.39, 0.29) is 11.8 Å². The Morgan fingerprint density at radius 1 is 1.08 bits per heavy atom. The van der Waals surface area contributed by atoms with Crippen molar-refractivity contribution in [2.45, 2.75) is 26.2 Å². The van der Waals surface area contributed by atoms with Gasteiger partial charge in [0.15, 0.2) is 0 Å². The lowest BCUT2D eigenvalue weighted by Crippen LogP contribution is -2.28. The summed E-state index contributed by atoms with van der Waals surface area (Å²) in [5.74, 6) is 0.333. The maximum atomic E-state index is 12.9. The van der Waals surface area contributed by atoms with Crippen LogP contribution < -0.4 is 0 Å². The normalized spacial score (nSPS) is 17.0. The maximum absolute atomic E-state index is 12.9. The van der Waals surface area contributed by atoms with E-state index in [0.717, 1.165) is 46.0 Å². The number of carbonyl (C=O) groups is 1. The second-order valence-corrected chi connectivity index (χ2v) is 7.26. The van der Waals surface area contributed by atoms with Crippen LogP contribution in [0.1, 0.15) is 39.6 Å². The van der Waals surface area contributed by atoms with Crippen LogP contribution in [0.25, 0.3) is 11.0 Å². The highest BCUT2D eigenvalue weighted by atomic mass is 35.5. The Morgan fingerprint density at radius 2 is 1.81 bits per heavy atom. The van der Waals surface area contributed by atoms with Crippen molar-refractivity contribution < 1.29 is 4.79 Å². The first-order valence-electron chi connectivity index (χ1n) is 8.81.